The van der Waals surface area contributed by atoms with Gasteiger partial charge in [-0.25, -0.2) is 0 Å². The van der Waals surface area contributed by atoms with E-state index in [0.29, 0.717) is 30.8 Å². The quantitative estimate of drug-likeness (QED) is 0.626. The van der Waals surface area contributed by atoms with E-state index < -0.39 is 12.0 Å². The van der Waals surface area contributed by atoms with E-state index in [9.17, 15) is 14.7 Å². The van der Waals surface area contributed by atoms with E-state index in [0.717, 1.165) is 11.1 Å². The summed E-state index contributed by atoms with van der Waals surface area (Å²) < 4.78 is 6.99. The molecule has 1 aliphatic heterocycles. The summed E-state index contributed by atoms with van der Waals surface area (Å²) in [5.74, 6) is -0.110. The van der Waals surface area contributed by atoms with Crippen molar-refractivity contribution in [2.75, 3.05) is 26.2 Å². The Kier molecular flexibility index (Phi) is 6.36. The van der Waals surface area contributed by atoms with Crippen LogP contribution in [-0.4, -0.2) is 73.9 Å². The first-order chi connectivity index (χ1) is 15.4. The standard InChI is InChI=1S/C23H27N5O4/c1-16-10-24-28(11-16)14-20-17(2)32-25-22(20)23(31)27-13-19(29)12-26(21(30)15-27)9-8-18-6-4-3-5-7-18/h3-7,10-11,19,29H,8-9,12-15H2,1-2H3. The van der Waals surface area contributed by atoms with Crippen LogP contribution >= 0.6 is 0 Å². The zero-order valence-corrected chi connectivity index (χ0v) is 18.3. The van der Waals surface area contributed by atoms with Crippen molar-refractivity contribution in [2.45, 2.75) is 32.9 Å². The Labute approximate surface area is 186 Å². The Bertz CT molecular complexity index is 1090. The highest BCUT2D eigenvalue weighted by Gasteiger charge is 2.32. The van der Waals surface area contributed by atoms with Crippen molar-refractivity contribution in [3.63, 3.8) is 0 Å². The first kappa shape index (κ1) is 21.8. The molecule has 0 bridgehead atoms. The van der Waals surface area contributed by atoms with E-state index in [4.69, 9.17) is 4.52 Å². The van der Waals surface area contributed by atoms with Crippen LogP contribution in [0.5, 0.6) is 0 Å². The molecular formula is C23H27N5O4. The van der Waals surface area contributed by atoms with Gasteiger partial charge in [-0.05, 0) is 31.4 Å². The molecule has 9 heteroatoms. The van der Waals surface area contributed by atoms with Crippen molar-refractivity contribution < 1.29 is 19.2 Å². The fraction of sp³-hybridized carbons (Fsp3) is 0.391. The van der Waals surface area contributed by atoms with Crippen molar-refractivity contribution >= 4 is 11.8 Å². The molecular weight excluding hydrogens is 410 g/mol. The topological polar surface area (TPSA) is 105 Å². The van der Waals surface area contributed by atoms with Crippen LogP contribution in [0.1, 0.15) is 32.9 Å². The zero-order valence-electron chi connectivity index (χ0n) is 18.3. The lowest BCUT2D eigenvalue weighted by Gasteiger charge is -2.21. The fourth-order valence-electron chi connectivity index (χ4n) is 3.89. The molecule has 9 nitrogen and oxygen atoms in total. The van der Waals surface area contributed by atoms with E-state index in [1.165, 1.54) is 4.90 Å². The highest BCUT2D eigenvalue weighted by Crippen LogP contribution is 2.19. The maximum atomic E-state index is 13.3. The lowest BCUT2D eigenvalue weighted by molar-refractivity contribution is -0.131. The number of rotatable bonds is 6. The van der Waals surface area contributed by atoms with E-state index in [2.05, 4.69) is 10.3 Å². The maximum Gasteiger partial charge on any atom is 0.276 e. The lowest BCUT2D eigenvalue weighted by atomic mass is 10.1. The van der Waals surface area contributed by atoms with Crippen LogP contribution in [0.3, 0.4) is 0 Å². The first-order valence-corrected chi connectivity index (χ1v) is 10.6. The van der Waals surface area contributed by atoms with Gasteiger partial charge in [0.1, 0.15) is 12.3 Å². The van der Waals surface area contributed by atoms with Crippen LogP contribution < -0.4 is 0 Å². The van der Waals surface area contributed by atoms with Crippen LogP contribution in [0.25, 0.3) is 0 Å². The number of aryl methyl sites for hydroxylation is 2. The molecule has 0 radical (unpaired) electrons. The smallest absolute Gasteiger partial charge is 0.276 e. The minimum Gasteiger partial charge on any atom is -0.389 e. The Morgan fingerprint density at radius 2 is 2.00 bits per heavy atom. The van der Waals surface area contributed by atoms with Crippen LogP contribution in [0.15, 0.2) is 47.2 Å². The molecule has 0 saturated carbocycles. The highest BCUT2D eigenvalue weighted by molar-refractivity contribution is 5.96. The molecule has 1 aliphatic rings. The summed E-state index contributed by atoms with van der Waals surface area (Å²) in [6.07, 6.45) is 3.44. The van der Waals surface area contributed by atoms with Crippen molar-refractivity contribution in [1.82, 2.24) is 24.7 Å². The van der Waals surface area contributed by atoms with Gasteiger partial charge < -0.3 is 19.4 Å². The second-order valence-electron chi connectivity index (χ2n) is 8.20. The van der Waals surface area contributed by atoms with Gasteiger partial charge in [-0.15, -0.1) is 0 Å². The molecule has 1 N–H and O–H groups in total. The van der Waals surface area contributed by atoms with Gasteiger partial charge in [0.15, 0.2) is 5.69 Å². The largest absolute Gasteiger partial charge is 0.389 e. The number of β-amino-alcohol motifs (C(OH)–C–C–N with tert-alkyl or cyclic N) is 1. The van der Waals surface area contributed by atoms with Crippen molar-refractivity contribution in [1.29, 1.82) is 0 Å². The normalized spacial score (nSPS) is 17.0. The van der Waals surface area contributed by atoms with Gasteiger partial charge in [-0.3, -0.25) is 14.3 Å². The fourth-order valence-corrected chi connectivity index (χ4v) is 3.89. The summed E-state index contributed by atoms with van der Waals surface area (Å²) in [7, 11) is 0. The van der Waals surface area contributed by atoms with E-state index in [-0.39, 0.29) is 31.2 Å². The van der Waals surface area contributed by atoms with Crippen molar-refractivity contribution in [3.05, 3.63) is 70.9 Å². The number of aliphatic hydroxyl groups excluding tert-OH is 1. The van der Waals surface area contributed by atoms with Gasteiger partial charge in [0.2, 0.25) is 5.91 Å². The molecule has 1 unspecified atom stereocenters. The number of hydrogen-bond acceptors (Lipinski definition) is 6. The maximum absolute atomic E-state index is 13.3. The first-order valence-electron chi connectivity index (χ1n) is 10.6. The van der Waals surface area contributed by atoms with Crippen LogP contribution in [0, 0.1) is 13.8 Å². The van der Waals surface area contributed by atoms with Gasteiger partial charge in [-0.2, -0.15) is 5.10 Å². The molecule has 1 atom stereocenters. The molecule has 4 rings (SSSR count). The molecule has 2 amide bonds. The van der Waals surface area contributed by atoms with E-state index in [1.807, 2.05) is 43.5 Å². The number of carbonyl (C=O) groups is 2. The summed E-state index contributed by atoms with van der Waals surface area (Å²) in [5, 5.41) is 18.7. The zero-order chi connectivity index (χ0) is 22.7. The third-order valence-electron chi connectivity index (χ3n) is 5.61. The SMILES string of the molecule is Cc1cnn(Cc2c(C(=O)N3CC(=O)N(CCc4ccccc4)CC(O)C3)noc2C)c1. The van der Waals surface area contributed by atoms with Gasteiger partial charge in [0, 0.05) is 31.4 Å². The molecule has 3 aromatic rings. The number of benzene rings is 1. The number of nitrogens with zero attached hydrogens (tertiary/aromatic N) is 5. The second kappa shape index (κ2) is 9.35. The third kappa shape index (κ3) is 4.88. The molecule has 1 saturated heterocycles. The van der Waals surface area contributed by atoms with E-state index >= 15 is 0 Å². The predicted octanol–water partition coefficient (Wildman–Crippen LogP) is 1.42. The number of amides is 2. The minimum atomic E-state index is -0.841. The number of aromatic nitrogens is 3. The van der Waals surface area contributed by atoms with Crippen LogP contribution in [0.2, 0.25) is 0 Å². The average molecular weight is 438 g/mol. The highest BCUT2D eigenvalue weighted by atomic mass is 16.5. The summed E-state index contributed by atoms with van der Waals surface area (Å²) in [6.45, 7) is 4.61. The molecule has 3 heterocycles. The van der Waals surface area contributed by atoms with Gasteiger partial charge in [0.05, 0.1) is 18.8 Å². The Morgan fingerprint density at radius 1 is 1.22 bits per heavy atom. The average Bonchev–Trinajstić information content (AvgIpc) is 3.31. The lowest BCUT2D eigenvalue weighted by Crippen LogP contribution is -2.40. The predicted molar refractivity (Wildman–Crippen MR) is 116 cm³/mol. The molecule has 0 aliphatic carbocycles. The Hall–Kier alpha value is -3.46. The monoisotopic (exact) mass is 437 g/mol. The summed E-state index contributed by atoms with van der Waals surface area (Å²) in [5.41, 5.74) is 2.88. The van der Waals surface area contributed by atoms with Crippen molar-refractivity contribution in [3.8, 4) is 0 Å². The van der Waals surface area contributed by atoms with Crippen molar-refractivity contribution in [2.24, 2.45) is 0 Å². The Morgan fingerprint density at radius 3 is 2.72 bits per heavy atom. The van der Waals surface area contributed by atoms with Gasteiger partial charge in [0.25, 0.3) is 5.91 Å². The second-order valence-corrected chi connectivity index (χ2v) is 8.20. The molecule has 1 aromatic carbocycles. The van der Waals surface area contributed by atoms with E-state index in [1.54, 1.807) is 22.7 Å². The summed E-state index contributed by atoms with van der Waals surface area (Å²) in [4.78, 5) is 29.1. The van der Waals surface area contributed by atoms with Crippen LogP contribution in [0.4, 0.5) is 0 Å². The molecule has 1 fully saturated rings. The number of carbonyl (C=O) groups excluding carboxylic acids is 2. The summed E-state index contributed by atoms with van der Waals surface area (Å²) >= 11 is 0. The van der Waals surface area contributed by atoms with Gasteiger partial charge in [-0.1, -0.05) is 35.5 Å². The molecule has 0 spiro atoms. The summed E-state index contributed by atoms with van der Waals surface area (Å²) in [6, 6.07) is 9.86. The minimum absolute atomic E-state index is 0.0542. The molecule has 32 heavy (non-hydrogen) atoms. The third-order valence-corrected chi connectivity index (χ3v) is 5.61. The molecule has 168 valence electrons. The number of hydrogen-bond donors (Lipinski definition) is 1. The van der Waals surface area contributed by atoms with Gasteiger partial charge >= 0.3 is 0 Å². The Balaban J connectivity index is 1.47. The van der Waals surface area contributed by atoms with Crippen LogP contribution in [-0.2, 0) is 17.8 Å². The molecule has 2 aromatic heterocycles. The number of aliphatic hydroxyl groups is 1.